The second-order valence-corrected chi connectivity index (χ2v) is 5.76. The number of Topliss-reactive ketones (excluding diaryl/α,β-unsaturated/α-hetero) is 1. The maximum Gasteiger partial charge on any atom is 0.144 e. The molecule has 4 heteroatoms. The summed E-state index contributed by atoms with van der Waals surface area (Å²) in [4.78, 5) is 16.3. The number of ketones is 1. The molecule has 0 aliphatic heterocycles. The summed E-state index contributed by atoms with van der Waals surface area (Å²) in [6.45, 7) is 4.78. The van der Waals surface area contributed by atoms with E-state index in [9.17, 15) is 4.79 Å². The van der Waals surface area contributed by atoms with Crippen molar-refractivity contribution in [1.29, 1.82) is 0 Å². The molecule has 1 heterocycles. The smallest absolute Gasteiger partial charge is 0.144 e. The van der Waals surface area contributed by atoms with Crippen LogP contribution in [0.1, 0.15) is 29.5 Å². The van der Waals surface area contributed by atoms with Crippen LogP contribution in [0.25, 0.3) is 0 Å². The Morgan fingerprint density at radius 1 is 1.35 bits per heavy atom. The van der Waals surface area contributed by atoms with Crippen molar-refractivity contribution in [2.24, 2.45) is 0 Å². The minimum absolute atomic E-state index is 0.171. The number of carbonyl (C=O) groups excluding carboxylic acids is 1. The molecule has 1 aromatic heterocycles. The third-order valence-corrected chi connectivity index (χ3v) is 3.68. The second-order valence-electron chi connectivity index (χ2n) is 4.78. The van der Waals surface area contributed by atoms with Gasteiger partial charge in [0.15, 0.2) is 0 Å². The van der Waals surface area contributed by atoms with Crippen molar-refractivity contribution in [2.45, 2.75) is 33.1 Å². The molecule has 0 N–H and O–H groups in total. The highest BCUT2D eigenvalue weighted by Gasteiger charge is 2.11. The molecule has 0 fully saturated rings. The molecular formula is C16H19NO2S. The highest BCUT2D eigenvalue weighted by atomic mass is 32.1. The molecule has 0 aliphatic rings. The van der Waals surface area contributed by atoms with Crippen LogP contribution in [0.2, 0.25) is 0 Å². The van der Waals surface area contributed by atoms with Crippen LogP contribution in [0.15, 0.2) is 29.8 Å². The van der Waals surface area contributed by atoms with E-state index in [0.717, 1.165) is 28.3 Å². The first-order valence-electron chi connectivity index (χ1n) is 6.81. The van der Waals surface area contributed by atoms with Crippen molar-refractivity contribution in [1.82, 2.24) is 4.98 Å². The van der Waals surface area contributed by atoms with Gasteiger partial charge in [0.2, 0.25) is 0 Å². The van der Waals surface area contributed by atoms with Crippen LogP contribution < -0.4 is 4.74 Å². The quantitative estimate of drug-likeness (QED) is 0.782. The minimum atomic E-state index is 0.171. The summed E-state index contributed by atoms with van der Waals surface area (Å²) in [5.41, 5.74) is 2.11. The topological polar surface area (TPSA) is 39.2 Å². The normalized spacial score (nSPS) is 10.5. The fraction of sp³-hybridized carbons (Fsp3) is 0.375. The molecule has 2 rings (SSSR count). The van der Waals surface area contributed by atoms with Gasteiger partial charge in [-0.3, -0.25) is 4.79 Å². The van der Waals surface area contributed by atoms with Crippen molar-refractivity contribution in [2.75, 3.05) is 6.61 Å². The molecule has 106 valence electrons. The first-order chi connectivity index (χ1) is 9.69. The molecule has 0 saturated carbocycles. The standard InChI is InChI=1S/C16H19NO2S/c1-3-7-19-15-9-12(2)4-5-13(15)10-14(18)11-16-17-6-8-20-16/h4-6,8-9H,3,7,10-11H2,1-2H3. The summed E-state index contributed by atoms with van der Waals surface area (Å²) in [5.74, 6) is 1.00. The molecule has 3 nitrogen and oxygen atoms in total. The third kappa shape index (κ3) is 4.17. The van der Waals surface area contributed by atoms with Crippen molar-refractivity contribution >= 4 is 17.1 Å². The highest BCUT2D eigenvalue weighted by molar-refractivity contribution is 7.09. The van der Waals surface area contributed by atoms with Crippen molar-refractivity contribution in [3.63, 3.8) is 0 Å². The van der Waals surface area contributed by atoms with Crippen LogP contribution >= 0.6 is 11.3 Å². The number of hydrogen-bond donors (Lipinski definition) is 0. The maximum absolute atomic E-state index is 12.1. The van der Waals surface area contributed by atoms with Crippen molar-refractivity contribution < 1.29 is 9.53 Å². The van der Waals surface area contributed by atoms with E-state index in [1.54, 1.807) is 6.20 Å². The lowest BCUT2D eigenvalue weighted by Gasteiger charge is -2.11. The van der Waals surface area contributed by atoms with Gasteiger partial charge in [0.25, 0.3) is 0 Å². The average Bonchev–Trinajstić information content (AvgIpc) is 2.91. The van der Waals surface area contributed by atoms with Crippen LogP contribution in [-0.2, 0) is 17.6 Å². The van der Waals surface area contributed by atoms with Gasteiger partial charge in [-0.2, -0.15) is 0 Å². The Morgan fingerprint density at radius 3 is 2.90 bits per heavy atom. The molecule has 0 unspecified atom stereocenters. The summed E-state index contributed by atoms with van der Waals surface area (Å²) >= 11 is 1.52. The zero-order chi connectivity index (χ0) is 14.4. The number of carbonyl (C=O) groups is 1. The summed E-state index contributed by atoms with van der Waals surface area (Å²) in [6, 6.07) is 6.01. The van der Waals surface area contributed by atoms with E-state index in [1.807, 2.05) is 30.5 Å². The number of ether oxygens (including phenoxy) is 1. The summed E-state index contributed by atoms with van der Waals surface area (Å²) in [7, 11) is 0. The van der Waals surface area contributed by atoms with E-state index in [1.165, 1.54) is 11.3 Å². The van der Waals surface area contributed by atoms with Gasteiger partial charge in [-0.25, -0.2) is 4.98 Å². The Kier molecular flexibility index (Phi) is 5.30. The Labute approximate surface area is 123 Å². The zero-order valence-electron chi connectivity index (χ0n) is 11.9. The molecule has 0 bridgehead atoms. The van der Waals surface area contributed by atoms with Gasteiger partial charge in [-0.15, -0.1) is 11.3 Å². The molecule has 20 heavy (non-hydrogen) atoms. The third-order valence-electron chi connectivity index (χ3n) is 2.90. The molecule has 2 aromatic rings. The number of nitrogens with zero attached hydrogens (tertiary/aromatic N) is 1. The molecular weight excluding hydrogens is 270 g/mol. The molecule has 0 saturated heterocycles. The largest absolute Gasteiger partial charge is 0.493 e. The van der Waals surface area contributed by atoms with Crippen molar-refractivity contribution in [3.05, 3.63) is 45.9 Å². The number of thiazole rings is 1. The van der Waals surface area contributed by atoms with Crippen molar-refractivity contribution in [3.8, 4) is 5.75 Å². The fourth-order valence-corrected chi connectivity index (χ4v) is 2.58. The van der Waals surface area contributed by atoms with E-state index in [2.05, 4.69) is 11.9 Å². The lowest BCUT2D eigenvalue weighted by molar-refractivity contribution is -0.117. The number of aromatic nitrogens is 1. The maximum atomic E-state index is 12.1. The Bertz CT molecular complexity index is 564. The molecule has 0 radical (unpaired) electrons. The molecule has 0 atom stereocenters. The minimum Gasteiger partial charge on any atom is -0.493 e. The van der Waals surface area contributed by atoms with Gasteiger partial charge in [0.05, 0.1) is 18.0 Å². The van der Waals surface area contributed by atoms with E-state index in [0.29, 0.717) is 19.4 Å². The van der Waals surface area contributed by atoms with Gasteiger partial charge in [-0.05, 0) is 25.0 Å². The molecule has 0 spiro atoms. The Morgan fingerprint density at radius 2 is 2.20 bits per heavy atom. The lowest BCUT2D eigenvalue weighted by atomic mass is 10.0. The van der Waals surface area contributed by atoms with E-state index in [4.69, 9.17) is 4.74 Å². The monoisotopic (exact) mass is 289 g/mol. The van der Waals surface area contributed by atoms with Crippen LogP contribution in [0, 0.1) is 6.92 Å². The predicted octanol–water partition coefficient (Wildman–Crippen LogP) is 3.59. The number of benzene rings is 1. The zero-order valence-corrected chi connectivity index (χ0v) is 12.7. The Balaban J connectivity index is 2.05. The van der Waals surface area contributed by atoms with Crippen LogP contribution in [0.3, 0.4) is 0 Å². The van der Waals surface area contributed by atoms with Gasteiger partial charge >= 0.3 is 0 Å². The Hall–Kier alpha value is -1.68. The molecule has 1 aromatic carbocycles. The van der Waals surface area contributed by atoms with Crippen LogP contribution in [0.5, 0.6) is 5.75 Å². The average molecular weight is 289 g/mol. The molecule has 0 aliphatic carbocycles. The summed E-state index contributed by atoms with van der Waals surface area (Å²) < 4.78 is 5.74. The van der Waals surface area contributed by atoms with Gasteiger partial charge in [0, 0.05) is 23.6 Å². The number of hydrogen-bond acceptors (Lipinski definition) is 4. The van der Waals surface area contributed by atoms with Gasteiger partial charge in [0.1, 0.15) is 11.5 Å². The van der Waals surface area contributed by atoms with Crippen LogP contribution in [-0.4, -0.2) is 17.4 Å². The SMILES string of the molecule is CCCOc1cc(C)ccc1CC(=O)Cc1nccs1. The van der Waals surface area contributed by atoms with Crippen LogP contribution in [0.4, 0.5) is 0 Å². The first kappa shape index (κ1) is 14.7. The molecule has 0 amide bonds. The first-order valence-corrected chi connectivity index (χ1v) is 7.69. The highest BCUT2D eigenvalue weighted by Crippen LogP contribution is 2.22. The lowest BCUT2D eigenvalue weighted by Crippen LogP contribution is -2.08. The predicted molar refractivity (Wildman–Crippen MR) is 81.5 cm³/mol. The van der Waals surface area contributed by atoms with Gasteiger partial charge in [-0.1, -0.05) is 19.1 Å². The summed E-state index contributed by atoms with van der Waals surface area (Å²) in [6.07, 6.45) is 3.49. The second kappa shape index (κ2) is 7.20. The van der Waals surface area contributed by atoms with Gasteiger partial charge < -0.3 is 4.74 Å². The fourth-order valence-electron chi connectivity index (χ4n) is 1.94. The number of rotatable bonds is 7. The van der Waals surface area contributed by atoms with E-state index < -0.39 is 0 Å². The number of aryl methyl sites for hydroxylation is 1. The van der Waals surface area contributed by atoms with E-state index >= 15 is 0 Å². The van der Waals surface area contributed by atoms with E-state index in [-0.39, 0.29) is 5.78 Å². The summed E-state index contributed by atoms with van der Waals surface area (Å²) in [5, 5.41) is 2.77.